The summed E-state index contributed by atoms with van der Waals surface area (Å²) in [5.74, 6) is 1.55. The molecular formula is C20H18Cl2N2O. The first-order valence-electron chi connectivity index (χ1n) is 7.90. The summed E-state index contributed by atoms with van der Waals surface area (Å²) in [6.45, 7) is 4.68. The number of ether oxygens (including phenoxy) is 1. The van der Waals surface area contributed by atoms with Gasteiger partial charge < -0.3 is 10.1 Å². The molecule has 0 aliphatic heterocycles. The summed E-state index contributed by atoms with van der Waals surface area (Å²) in [4.78, 5) is 3.98. The first-order chi connectivity index (χ1) is 12.0. The minimum absolute atomic E-state index is 0.532. The maximum absolute atomic E-state index is 6.16. The standard InChI is InChI=1S/C20H18Cl2N2O/c1-13-3-5-17(9-14(13)2)25-20-6-4-16(21)10-15(20)11-24-19-7-8-23-12-18(19)22/h3-10,12H,11H2,1-2H3,(H,23,24). The summed E-state index contributed by atoms with van der Waals surface area (Å²) in [6.07, 6.45) is 3.30. The van der Waals surface area contributed by atoms with E-state index in [4.69, 9.17) is 27.9 Å². The second kappa shape index (κ2) is 7.77. The van der Waals surface area contributed by atoms with Gasteiger partial charge in [-0.2, -0.15) is 0 Å². The van der Waals surface area contributed by atoms with Crippen molar-refractivity contribution in [3.05, 3.63) is 81.6 Å². The van der Waals surface area contributed by atoms with Crippen LogP contribution in [0.2, 0.25) is 10.0 Å². The molecule has 0 aliphatic carbocycles. The second-order valence-corrected chi connectivity index (χ2v) is 6.65. The Morgan fingerprint density at radius 1 is 1.00 bits per heavy atom. The number of benzene rings is 2. The van der Waals surface area contributed by atoms with Crippen LogP contribution in [-0.2, 0) is 6.54 Å². The van der Waals surface area contributed by atoms with Crippen molar-refractivity contribution in [3.8, 4) is 11.5 Å². The predicted molar refractivity (Wildman–Crippen MR) is 104 cm³/mol. The zero-order valence-corrected chi connectivity index (χ0v) is 15.5. The number of nitrogens with zero attached hydrogens (tertiary/aromatic N) is 1. The van der Waals surface area contributed by atoms with Crippen LogP contribution in [0, 0.1) is 13.8 Å². The Labute approximate surface area is 157 Å². The van der Waals surface area contributed by atoms with E-state index >= 15 is 0 Å². The van der Waals surface area contributed by atoms with Crippen molar-refractivity contribution in [2.24, 2.45) is 0 Å². The van der Waals surface area contributed by atoms with Crippen molar-refractivity contribution in [2.45, 2.75) is 20.4 Å². The highest BCUT2D eigenvalue weighted by Gasteiger charge is 2.08. The molecule has 3 rings (SSSR count). The molecule has 1 heterocycles. The van der Waals surface area contributed by atoms with Crippen molar-refractivity contribution < 1.29 is 4.74 Å². The second-order valence-electron chi connectivity index (χ2n) is 5.81. The minimum atomic E-state index is 0.532. The van der Waals surface area contributed by atoms with Crippen LogP contribution in [0.3, 0.4) is 0 Å². The van der Waals surface area contributed by atoms with Gasteiger partial charge in [-0.25, -0.2) is 0 Å². The molecule has 0 bridgehead atoms. The number of rotatable bonds is 5. The van der Waals surface area contributed by atoms with E-state index in [9.17, 15) is 0 Å². The van der Waals surface area contributed by atoms with Crippen molar-refractivity contribution in [3.63, 3.8) is 0 Å². The van der Waals surface area contributed by atoms with Gasteiger partial charge in [-0.3, -0.25) is 4.98 Å². The summed E-state index contributed by atoms with van der Waals surface area (Å²) < 4.78 is 6.08. The molecule has 0 amide bonds. The van der Waals surface area contributed by atoms with Gasteiger partial charge in [0.05, 0.1) is 10.7 Å². The van der Waals surface area contributed by atoms with Gasteiger partial charge in [0.1, 0.15) is 11.5 Å². The van der Waals surface area contributed by atoms with Gasteiger partial charge in [-0.05, 0) is 61.4 Å². The average molecular weight is 373 g/mol. The third-order valence-corrected chi connectivity index (χ3v) is 4.51. The van der Waals surface area contributed by atoms with Crippen molar-refractivity contribution in [1.29, 1.82) is 0 Å². The van der Waals surface area contributed by atoms with Gasteiger partial charge in [0.2, 0.25) is 0 Å². The Morgan fingerprint density at radius 2 is 1.84 bits per heavy atom. The highest BCUT2D eigenvalue weighted by atomic mass is 35.5. The number of hydrogen-bond acceptors (Lipinski definition) is 3. The lowest BCUT2D eigenvalue weighted by atomic mass is 10.1. The predicted octanol–water partition coefficient (Wildman–Crippen LogP) is 6.41. The first-order valence-corrected chi connectivity index (χ1v) is 8.65. The van der Waals surface area contributed by atoms with Crippen molar-refractivity contribution in [1.82, 2.24) is 4.98 Å². The largest absolute Gasteiger partial charge is 0.457 e. The summed E-state index contributed by atoms with van der Waals surface area (Å²) in [5.41, 5.74) is 4.18. The maximum Gasteiger partial charge on any atom is 0.132 e. The quantitative estimate of drug-likeness (QED) is 0.561. The zero-order chi connectivity index (χ0) is 17.8. The first kappa shape index (κ1) is 17.6. The van der Waals surface area contributed by atoms with E-state index in [2.05, 4.69) is 30.2 Å². The average Bonchev–Trinajstić information content (AvgIpc) is 2.59. The summed E-state index contributed by atoms with van der Waals surface area (Å²) in [5, 5.41) is 4.52. The highest BCUT2D eigenvalue weighted by Crippen LogP contribution is 2.30. The lowest BCUT2D eigenvalue weighted by molar-refractivity contribution is 0.476. The SMILES string of the molecule is Cc1ccc(Oc2ccc(Cl)cc2CNc2ccncc2Cl)cc1C. The molecule has 0 radical (unpaired) electrons. The molecule has 0 saturated heterocycles. The Hall–Kier alpha value is -2.23. The van der Waals surface area contributed by atoms with Crippen LogP contribution in [0.1, 0.15) is 16.7 Å². The van der Waals surface area contributed by atoms with Crippen LogP contribution in [0.5, 0.6) is 11.5 Å². The third kappa shape index (κ3) is 4.44. The molecule has 0 saturated carbocycles. The molecule has 128 valence electrons. The van der Waals surface area contributed by atoms with E-state index in [1.807, 2.05) is 36.4 Å². The van der Waals surface area contributed by atoms with E-state index in [-0.39, 0.29) is 0 Å². The number of anilines is 1. The van der Waals surface area contributed by atoms with Crippen LogP contribution in [-0.4, -0.2) is 4.98 Å². The molecule has 3 nitrogen and oxygen atoms in total. The van der Waals surface area contributed by atoms with Gasteiger partial charge in [0.15, 0.2) is 0 Å². The monoisotopic (exact) mass is 372 g/mol. The van der Waals surface area contributed by atoms with Crippen LogP contribution in [0.4, 0.5) is 5.69 Å². The number of pyridine rings is 1. The summed E-state index contributed by atoms with van der Waals surface area (Å²) in [6, 6.07) is 13.5. The van der Waals surface area contributed by atoms with Gasteiger partial charge in [0.25, 0.3) is 0 Å². The molecule has 2 aromatic carbocycles. The normalized spacial score (nSPS) is 10.6. The number of halogens is 2. The molecule has 5 heteroatoms. The number of nitrogens with one attached hydrogen (secondary N) is 1. The third-order valence-electron chi connectivity index (χ3n) is 3.97. The fourth-order valence-electron chi connectivity index (χ4n) is 2.40. The molecular weight excluding hydrogens is 355 g/mol. The highest BCUT2D eigenvalue weighted by molar-refractivity contribution is 6.33. The molecule has 0 aliphatic rings. The fourth-order valence-corrected chi connectivity index (χ4v) is 2.78. The van der Waals surface area contributed by atoms with Crippen LogP contribution >= 0.6 is 23.2 Å². The Kier molecular flexibility index (Phi) is 5.47. The van der Waals surface area contributed by atoms with Gasteiger partial charge in [-0.15, -0.1) is 0 Å². The van der Waals surface area contributed by atoms with Gasteiger partial charge in [-0.1, -0.05) is 29.3 Å². The molecule has 0 fully saturated rings. The molecule has 3 aromatic rings. The molecule has 0 spiro atoms. The van der Waals surface area contributed by atoms with E-state index in [1.165, 1.54) is 11.1 Å². The van der Waals surface area contributed by atoms with Crippen LogP contribution in [0.25, 0.3) is 0 Å². The number of aromatic nitrogens is 1. The van der Waals surface area contributed by atoms with Gasteiger partial charge in [0, 0.05) is 29.5 Å². The van der Waals surface area contributed by atoms with E-state index in [0.29, 0.717) is 16.6 Å². The molecule has 25 heavy (non-hydrogen) atoms. The van der Waals surface area contributed by atoms with Crippen LogP contribution in [0.15, 0.2) is 54.9 Å². The smallest absolute Gasteiger partial charge is 0.132 e. The fraction of sp³-hybridized carbons (Fsp3) is 0.150. The zero-order valence-electron chi connectivity index (χ0n) is 14.0. The van der Waals surface area contributed by atoms with Gasteiger partial charge >= 0.3 is 0 Å². The topological polar surface area (TPSA) is 34.1 Å². The maximum atomic E-state index is 6.16. The number of aryl methyl sites for hydroxylation is 2. The lowest BCUT2D eigenvalue weighted by Crippen LogP contribution is -2.02. The number of hydrogen-bond donors (Lipinski definition) is 1. The van der Waals surface area contributed by atoms with E-state index in [1.54, 1.807) is 12.4 Å². The minimum Gasteiger partial charge on any atom is -0.457 e. The lowest BCUT2D eigenvalue weighted by Gasteiger charge is -2.14. The summed E-state index contributed by atoms with van der Waals surface area (Å²) >= 11 is 12.3. The summed E-state index contributed by atoms with van der Waals surface area (Å²) in [7, 11) is 0. The molecule has 1 N–H and O–H groups in total. The Bertz CT molecular complexity index is 897. The van der Waals surface area contributed by atoms with E-state index < -0.39 is 0 Å². The van der Waals surface area contributed by atoms with E-state index in [0.717, 1.165) is 22.7 Å². The molecule has 0 unspecified atom stereocenters. The molecule has 1 aromatic heterocycles. The van der Waals surface area contributed by atoms with Crippen LogP contribution < -0.4 is 10.1 Å². The van der Waals surface area contributed by atoms with Crippen molar-refractivity contribution >= 4 is 28.9 Å². The Morgan fingerprint density at radius 3 is 2.60 bits per heavy atom. The Balaban J connectivity index is 1.82. The molecule has 0 atom stereocenters. The van der Waals surface area contributed by atoms with Crippen molar-refractivity contribution in [2.75, 3.05) is 5.32 Å².